The molecule has 0 aliphatic rings. The smallest absolute Gasteiger partial charge is 0.147 e. The molecule has 7 nitrogen and oxygen atoms in total. The van der Waals surface area contributed by atoms with Gasteiger partial charge in [0.15, 0.2) is 0 Å². The molecule has 0 bridgehead atoms. The molecule has 0 aliphatic heterocycles. The lowest BCUT2D eigenvalue weighted by Gasteiger charge is -2.12. The molecule has 0 spiro atoms. The van der Waals surface area contributed by atoms with Gasteiger partial charge in [0, 0.05) is 23.6 Å². The van der Waals surface area contributed by atoms with Crippen LogP contribution in [0, 0.1) is 6.92 Å². The van der Waals surface area contributed by atoms with E-state index in [9.17, 15) is 0 Å². The van der Waals surface area contributed by atoms with Gasteiger partial charge < -0.3 is 18.9 Å². The average molecular weight is 381 g/mol. The minimum absolute atomic E-state index is 0.592. The van der Waals surface area contributed by atoms with Crippen molar-refractivity contribution in [1.29, 1.82) is 0 Å². The van der Waals surface area contributed by atoms with Crippen LogP contribution in [0.25, 0.3) is 10.9 Å². The fourth-order valence-electron chi connectivity index (χ4n) is 2.89. The van der Waals surface area contributed by atoms with E-state index in [1.54, 1.807) is 46.8 Å². The van der Waals surface area contributed by atoms with Gasteiger partial charge in [0.1, 0.15) is 28.8 Å². The Kier molecular flexibility index (Phi) is 5.84. The number of fused-ring (bicyclic) bond motifs is 1. The number of hydrazone groups is 1. The maximum absolute atomic E-state index is 5.43. The molecule has 1 heterocycles. The lowest BCUT2D eigenvalue weighted by Crippen LogP contribution is -2.00. The van der Waals surface area contributed by atoms with Crippen LogP contribution in [0.15, 0.2) is 41.5 Å². The Morgan fingerprint density at radius 1 is 0.857 bits per heavy atom. The number of rotatable bonds is 7. The average Bonchev–Trinajstić information content (AvgIpc) is 2.73. The number of aromatic nitrogens is 1. The first-order chi connectivity index (χ1) is 13.6. The quantitative estimate of drug-likeness (QED) is 0.492. The lowest BCUT2D eigenvalue weighted by atomic mass is 10.1. The Bertz CT molecular complexity index is 993. The maximum atomic E-state index is 5.43. The number of pyridine rings is 1. The lowest BCUT2D eigenvalue weighted by molar-refractivity contribution is 0.374. The van der Waals surface area contributed by atoms with E-state index in [4.69, 9.17) is 18.9 Å². The topological polar surface area (TPSA) is 74.2 Å². The van der Waals surface area contributed by atoms with Crippen molar-refractivity contribution in [3.05, 3.63) is 47.5 Å². The predicted molar refractivity (Wildman–Crippen MR) is 110 cm³/mol. The summed E-state index contributed by atoms with van der Waals surface area (Å²) in [5, 5.41) is 5.37. The third kappa shape index (κ3) is 3.93. The van der Waals surface area contributed by atoms with E-state index in [1.807, 2.05) is 31.2 Å². The molecular weight excluding hydrogens is 358 g/mol. The predicted octanol–water partition coefficient (Wildman–Crippen LogP) is 4.02. The van der Waals surface area contributed by atoms with Gasteiger partial charge in [-0.15, -0.1) is 0 Å². The number of nitrogens with one attached hydrogen (secondary N) is 1. The number of aryl methyl sites for hydroxylation is 1. The third-order valence-corrected chi connectivity index (χ3v) is 4.35. The molecule has 0 unspecified atom stereocenters. The first kappa shape index (κ1) is 19.3. The van der Waals surface area contributed by atoms with Gasteiger partial charge in [-0.05, 0) is 30.7 Å². The minimum atomic E-state index is 0.592. The van der Waals surface area contributed by atoms with E-state index in [0.717, 1.165) is 22.2 Å². The van der Waals surface area contributed by atoms with E-state index in [1.165, 1.54) is 0 Å². The van der Waals surface area contributed by atoms with Crippen molar-refractivity contribution in [1.82, 2.24) is 4.98 Å². The second-order valence-corrected chi connectivity index (χ2v) is 6.02. The summed E-state index contributed by atoms with van der Waals surface area (Å²) in [6.07, 6.45) is 1.63. The van der Waals surface area contributed by atoms with Crippen molar-refractivity contribution >= 4 is 22.9 Å². The van der Waals surface area contributed by atoms with Crippen molar-refractivity contribution < 1.29 is 18.9 Å². The zero-order valence-corrected chi connectivity index (χ0v) is 16.6. The first-order valence-corrected chi connectivity index (χ1v) is 8.64. The van der Waals surface area contributed by atoms with Crippen molar-refractivity contribution in [3.63, 3.8) is 0 Å². The highest BCUT2D eigenvalue weighted by atomic mass is 16.5. The molecule has 1 N–H and O–H groups in total. The van der Waals surface area contributed by atoms with Gasteiger partial charge in [-0.2, -0.15) is 5.10 Å². The van der Waals surface area contributed by atoms with Crippen molar-refractivity contribution in [2.24, 2.45) is 5.10 Å². The molecule has 1 aromatic heterocycles. The van der Waals surface area contributed by atoms with E-state index < -0.39 is 0 Å². The van der Waals surface area contributed by atoms with Crippen LogP contribution in [0.2, 0.25) is 0 Å². The highest BCUT2D eigenvalue weighted by molar-refractivity contribution is 5.89. The number of hydrogen-bond donors (Lipinski definition) is 1. The number of methoxy groups -OCH3 is 4. The summed E-state index contributed by atoms with van der Waals surface area (Å²) in [5.41, 5.74) is 5.58. The monoisotopic (exact) mass is 381 g/mol. The summed E-state index contributed by atoms with van der Waals surface area (Å²) in [4.78, 5) is 4.60. The molecule has 2 aromatic carbocycles. The SMILES string of the molecule is COc1cc(OC)c(/C=N/Nc2cc(C)c3ccc(OC)cc3n2)c(OC)c1. The van der Waals surface area contributed by atoms with Crippen LogP contribution < -0.4 is 24.4 Å². The van der Waals surface area contributed by atoms with Gasteiger partial charge in [0.25, 0.3) is 0 Å². The van der Waals surface area contributed by atoms with Gasteiger partial charge in [0.05, 0.1) is 45.7 Å². The fourth-order valence-corrected chi connectivity index (χ4v) is 2.89. The third-order valence-electron chi connectivity index (χ3n) is 4.35. The maximum Gasteiger partial charge on any atom is 0.147 e. The second kappa shape index (κ2) is 8.47. The molecular formula is C21H23N3O4. The van der Waals surface area contributed by atoms with Gasteiger partial charge in [-0.1, -0.05) is 0 Å². The van der Waals surface area contributed by atoms with Gasteiger partial charge >= 0.3 is 0 Å². The fraction of sp³-hybridized carbons (Fsp3) is 0.238. The number of benzene rings is 2. The van der Waals surface area contributed by atoms with Crippen molar-refractivity contribution in [2.45, 2.75) is 6.92 Å². The van der Waals surface area contributed by atoms with Crippen molar-refractivity contribution in [2.75, 3.05) is 33.9 Å². The standard InChI is InChI=1S/C21H23N3O4/c1-13-8-21(23-18-9-14(25-2)6-7-16(13)18)24-22-12-17-19(27-4)10-15(26-3)11-20(17)28-5/h6-12H,1-5H3,(H,23,24)/b22-12+. The van der Waals surface area contributed by atoms with Gasteiger partial charge in [-0.3, -0.25) is 5.43 Å². The van der Waals surface area contributed by atoms with Crippen LogP contribution >= 0.6 is 0 Å². The summed E-state index contributed by atoms with van der Waals surface area (Å²) in [5.74, 6) is 3.21. The molecule has 3 aromatic rings. The zero-order chi connectivity index (χ0) is 20.1. The van der Waals surface area contributed by atoms with Crippen molar-refractivity contribution in [3.8, 4) is 23.0 Å². The number of hydrogen-bond acceptors (Lipinski definition) is 7. The van der Waals surface area contributed by atoms with Crippen LogP contribution in [-0.4, -0.2) is 39.6 Å². The minimum Gasteiger partial charge on any atom is -0.497 e. The summed E-state index contributed by atoms with van der Waals surface area (Å²) in [6, 6.07) is 11.3. The Morgan fingerprint density at radius 2 is 1.54 bits per heavy atom. The Labute approximate surface area is 163 Å². The van der Waals surface area contributed by atoms with E-state index in [2.05, 4.69) is 15.5 Å². The molecule has 0 amide bonds. The van der Waals surface area contributed by atoms with Crippen LogP contribution in [0.4, 0.5) is 5.82 Å². The molecule has 0 aliphatic carbocycles. The molecule has 0 atom stereocenters. The number of ether oxygens (including phenoxy) is 4. The number of anilines is 1. The molecule has 146 valence electrons. The van der Waals surface area contributed by atoms with E-state index in [0.29, 0.717) is 28.6 Å². The molecule has 3 rings (SSSR count). The van der Waals surface area contributed by atoms with Gasteiger partial charge in [0.2, 0.25) is 0 Å². The normalized spacial score (nSPS) is 10.9. The van der Waals surface area contributed by atoms with Crippen LogP contribution in [0.3, 0.4) is 0 Å². The number of nitrogens with zero attached hydrogens (tertiary/aromatic N) is 2. The summed E-state index contributed by atoms with van der Waals surface area (Å²) >= 11 is 0. The van der Waals surface area contributed by atoms with Crippen LogP contribution in [0.1, 0.15) is 11.1 Å². The highest BCUT2D eigenvalue weighted by Crippen LogP contribution is 2.32. The molecule has 7 heteroatoms. The largest absolute Gasteiger partial charge is 0.497 e. The first-order valence-electron chi connectivity index (χ1n) is 8.64. The van der Waals surface area contributed by atoms with Crippen LogP contribution in [0.5, 0.6) is 23.0 Å². The molecule has 0 radical (unpaired) electrons. The Balaban J connectivity index is 1.90. The summed E-state index contributed by atoms with van der Waals surface area (Å²) < 4.78 is 21.4. The Morgan fingerprint density at radius 3 is 2.14 bits per heavy atom. The van der Waals surface area contributed by atoms with E-state index in [-0.39, 0.29) is 0 Å². The molecule has 0 fully saturated rings. The van der Waals surface area contributed by atoms with Crippen LogP contribution in [-0.2, 0) is 0 Å². The molecule has 0 saturated heterocycles. The Hall–Kier alpha value is -3.48. The second-order valence-electron chi connectivity index (χ2n) is 6.02. The summed E-state index contributed by atoms with van der Waals surface area (Å²) in [6.45, 7) is 2.03. The molecule has 0 saturated carbocycles. The molecule has 28 heavy (non-hydrogen) atoms. The van der Waals surface area contributed by atoms with E-state index >= 15 is 0 Å². The highest BCUT2D eigenvalue weighted by Gasteiger charge is 2.11. The van der Waals surface area contributed by atoms with Gasteiger partial charge in [-0.25, -0.2) is 4.98 Å². The summed E-state index contributed by atoms with van der Waals surface area (Å²) in [7, 11) is 6.39. The zero-order valence-electron chi connectivity index (χ0n) is 16.6.